The Balaban J connectivity index is 1.67. The van der Waals surface area contributed by atoms with Crippen molar-refractivity contribution in [3.63, 3.8) is 0 Å². The van der Waals surface area contributed by atoms with Crippen molar-refractivity contribution in [3.8, 4) is 5.75 Å². The van der Waals surface area contributed by atoms with Crippen LogP contribution in [0.25, 0.3) is 10.9 Å². The molecule has 0 saturated carbocycles. The first kappa shape index (κ1) is 19.9. The van der Waals surface area contributed by atoms with Crippen LogP contribution in [0.1, 0.15) is 11.1 Å². The van der Waals surface area contributed by atoms with Gasteiger partial charge in [-0.1, -0.05) is 6.07 Å². The number of nitrogens with zero attached hydrogens (tertiary/aromatic N) is 3. The second kappa shape index (κ2) is 7.82. The van der Waals surface area contributed by atoms with E-state index in [0.717, 1.165) is 49.2 Å². The van der Waals surface area contributed by atoms with E-state index in [1.54, 1.807) is 37.6 Å². The van der Waals surface area contributed by atoms with Crippen LogP contribution in [0.5, 0.6) is 5.75 Å². The lowest BCUT2D eigenvalue weighted by Crippen LogP contribution is -2.44. The van der Waals surface area contributed by atoms with E-state index >= 15 is 0 Å². The normalized spacial score (nSPS) is 16.4. The molecule has 0 bridgehead atoms. The van der Waals surface area contributed by atoms with Gasteiger partial charge in [-0.25, -0.2) is 12.4 Å². The summed E-state index contributed by atoms with van der Waals surface area (Å²) in [7, 11) is 0.0505. The van der Waals surface area contributed by atoms with Crippen LogP contribution in [-0.4, -0.2) is 62.5 Å². The molecule has 1 aromatic heterocycles. The lowest BCUT2D eigenvalue weighted by Gasteiger charge is -2.32. The number of rotatable bonds is 5. The first-order valence-electron chi connectivity index (χ1n) is 9.79. The van der Waals surface area contributed by atoms with E-state index < -0.39 is 10.0 Å². The third-order valence-electron chi connectivity index (χ3n) is 5.73. The molecule has 7 heteroatoms. The first-order valence-corrected chi connectivity index (χ1v) is 11.2. The Kier molecular flexibility index (Phi) is 5.38. The SMILES string of the molecule is COc1ccc2c(ccn2S(=O)(=O)c2ccc(C)c(CN3CCN(C)CC3)c2)c1. The predicted octanol–water partition coefficient (Wildman–Crippen LogP) is 2.94. The summed E-state index contributed by atoms with van der Waals surface area (Å²) in [5.41, 5.74) is 2.82. The third-order valence-corrected chi connectivity index (χ3v) is 7.41. The maximum atomic E-state index is 13.4. The molecule has 2 aromatic carbocycles. The number of likely N-dealkylation sites (N-methyl/N-ethyl adjacent to an activating group) is 1. The van der Waals surface area contributed by atoms with Crippen LogP contribution in [0, 0.1) is 6.92 Å². The number of fused-ring (bicyclic) bond motifs is 1. The van der Waals surface area contributed by atoms with Gasteiger partial charge in [0.25, 0.3) is 10.0 Å². The lowest BCUT2D eigenvalue weighted by molar-refractivity contribution is 0.148. The zero-order valence-electron chi connectivity index (χ0n) is 17.1. The molecule has 0 aliphatic carbocycles. The second-order valence-electron chi connectivity index (χ2n) is 7.71. The molecule has 0 atom stereocenters. The summed E-state index contributed by atoms with van der Waals surface area (Å²) in [5, 5.41) is 0.831. The van der Waals surface area contributed by atoms with E-state index in [9.17, 15) is 8.42 Å². The van der Waals surface area contributed by atoms with E-state index in [1.807, 2.05) is 25.1 Å². The number of piperazine rings is 1. The van der Waals surface area contributed by atoms with Gasteiger partial charge in [0.15, 0.2) is 0 Å². The fraction of sp³-hybridized carbons (Fsp3) is 0.364. The Bertz CT molecular complexity index is 1130. The number of methoxy groups -OCH3 is 1. The van der Waals surface area contributed by atoms with Crippen molar-refractivity contribution in [2.24, 2.45) is 0 Å². The largest absolute Gasteiger partial charge is 0.497 e. The van der Waals surface area contributed by atoms with Gasteiger partial charge in [-0.3, -0.25) is 4.90 Å². The quantitative estimate of drug-likeness (QED) is 0.644. The van der Waals surface area contributed by atoms with Crippen molar-refractivity contribution in [2.75, 3.05) is 40.3 Å². The number of hydrogen-bond acceptors (Lipinski definition) is 5. The second-order valence-corrected chi connectivity index (χ2v) is 9.52. The minimum Gasteiger partial charge on any atom is -0.497 e. The summed E-state index contributed by atoms with van der Waals surface area (Å²) in [4.78, 5) is 5.02. The molecule has 0 spiro atoms. The fourth-order valence-electron chi connectivity index (χ4n) is 3.77. The van der Waals surface area contributed by atoms with Gasteiger partial charge in [-0.05, 0) is 61.5 Å². The maximum Gasteiger partial charge on any atom is 0.268 e. The average molecular weight is 414 g/mol. The van der Waals surface area contributed by atoms with E-state index in [0.29, 0.717) is 16.2 Å². The van der Waals surface area contributed by atoms with Gasteiger partial charge < -0.3 is 9.64 Å². The fourth-order valence-corrected chi connectivity index (χ4v) is 5.18. The summed E-state index contributed by atoms with van der Waals surface area (Å²) >= 11 is 0. The van der Waals surface area contributed by atoms with Crippen molar-refractivity contribution in [2.45, 2.75) is 18.4 Å². The Hall–Kier alpha value is -2.35. The smallest absolute Gasteiger partial charge is 0.268 e. The van der Waals surface area contributed by atoms with E-state index in [1.165, 1.54) is 3.97 Å². The van der Waals surface area contributed by atoms with Gasteiger partial charge in [0.05, 0.1) is 17.5 Å². The van der Waals surface area contributed by atoms with Crippen molar-refractivity contribution in [1.29, 1.82) is 0 Å². The number of aromatic nitrogens is 1. The molecule has 1 aliphatic heterocycles. The first-order chi connectivity index (χ1) is 13.9. The standard InChI is InChI=1S/C22H27N3O3S/c1-17-4-6-21(15-19(17)16-24-12-10-23(2)11-13-24)29(26,27)25-9-8-18-14-20(28-3)5-7-22(18)25/h4-9,14-15H,10-13,16H2,1-3H3. The summed E-state index contributed by atoms with van der Waals surface area (Å²) in [6.07, 6.45) is 1.61. The number of benzene rings is 2. The van der Waals surface area contributed by atoms with Crippen molar-refractivity contribution >= 4 is 20.9 Å². The lowest BCUT2D eigenvalue weighted by atomic mass is 10.1. The Morgan fingerprint density at radius 1 is 1.00 bits per heavy atom. The molecule has 0 radical (unpaired) electrons. The molecule has 0 N–H and O–H groups in total. The zero-order valence-corrected chi connectivity index (χ0v) is 17.9. The number of ether oxygens (including phenoxy) is 1. The molecular formula is C22H27N3O3S. The van der Waals surface area contributed by atoms with Crippen molar-refractivity contribution < 1.29 is 13.2 Å². The monoisotopic (exact) mass is 413 g/mol. The molecule has 1 fully saturated rings. The van der Waals surface area contributed by atoms with E-state index in [-0.39, 0.29) is 0 Å². The highest BCUT2D eigenvalue weighted by Gasteiger charge is 2.21. The highest BCUT2D eigenvalue weighted by atomic mass is 32.2. The maximum absolute atomic E-state index is 13.4. The zero-order chi connectivity index (χ0) is 20.6. The van der Waals surface area contributed by atoms with Gasteiger partial charge in [-0.2, -0.15) is 0 Å². The summed E-state index contributed by atoms with van der Waals surface area (Å²) in [5.74, 6) is 0.706. The number of aryl methyl sites for hydroxylation is 1. The summed E-state index contributed by atoms with van der Waals surface area (Å²) in [6.45, 7) is 6.88. The van der Waals surface area contributed by atoms with Crippen LogP contribution in [-0.2, 0) is 16.6 Å². The summed E-state index contributed by atoms with van der Waals surface area (Å²) < 4.78 is 33.3. The van der Waals surface area contributed by atoms with Crippen molar-refractivity contribution in [3.05, 3.63) is 59.8 Å². The average Bonchev–Trinajstić information content (AvgIpc) is 3.15. The molecule has 3 aromatic rings. The topological polar surface area (TPSA) is 54.8 Å². The van der Waals surface area contributed by atoms with Crippen molar-refractivity contribution in [1.82, 2.24) is 13.8 Å². The summed E-state index contributed by atoms with van der Waals surface area (Å²) in [6, 6.07) is 12.6. The van der Waals surface area contributed by atoms with Crippen LogP contribution in [0.15, 0.2) is 53.6 Å². The third kappa shape index (κ3) is 3.90. The van der Waals surface area contributed by atoms with Gasteiger partial charge >= 0.3 is 0 Å². The van der Waals surface area contributed by atoms with Gasteiger partial charge in [0.2, 0.25) is 0 Å². The highest BCUT2D eigenvalue weighted by molar-refractivity contribution is 7.90. The van der Waals surface area contributed by atoms with Crippen LogP contribution in [0.4, 0.5) is 0 Å². The Morgan fingerprint density at radius 3 is 2.48 bits per heavy atom. The molecule has 6 nitrogen and oxygen atoms in total. The molecule has 1 aliphatic rings. The van der Waals surface area contributed by atoms with Gasteiger partial charge in [0, 0.05) is 44.3 Å². The Labute approximate surface area is 172 Å². The van der Waals surface area contributed by atoms with Crippen LogP contribution in [0.3, 0.4) is 0 Å². The molecule has 0 unspecified atom stereocenters. The molecule has 29 heavy (non-hydrogen) atoms. The van der Waals surface area contributed by atoms with E-state index in [4.69, 9.17) is 4.74 Å². The molecular weight excluding hydrogens is 386 g/mol. The minimum atomic E-state index is -3.68. The molecule has 154 valence electrons. The molecule has 0 amide bonds. The Morgan fingerprint density at radius 2 is 1.76 bits per heavy atom. The van der Waals surface area contributed by atoms with Gasteiger partial charge in [-0.15, -0.1) is 0 Å². The van der Waals surface area contributed by atoms with Crippen LogP contribution >= 0.6 is 0 Å². The number of hydrogen-bond donors (Lipinski definition) is 0. The molecule has 4 rings (SSSR count). The minimum absolute atomic E-state index is 0.320. The van der Waals surface area contributed by atoms with Crippen LogP contribution in [0.2, 0.25) is 0 Å². The molecule has 1 saturated heterocycles. The van der Waals surface area contributed by atoms with Gasteiger partial charge in [0.1, 0.15) is 5.75 Å². The molecule has 2 heterocycles. The predicted molar refractivity (Wildman–Crippen MR) is 115 cm³/mol. The highest BCUT2D eigenvalue weighted by Crippen LogP contribution is 2.27. The van der Waals surface area contributed by atoms with E-state index in [2.05, 4.69) is 16.8 Å². The van der Waals surface area contributed by atoms with Crippen LogP contribution < -0.4 is 4.74 Å².